The van der Waals surface area contributed by atoms with Crippen LogP contribution in [0.4, 0.5) is 13.6 Å². The number of alkyl halides is 2. The van der Waals surface area contributed by atoms with Gasteiger partial charge in [-0.05, 0) is 70.7 Å². The first-order valence-corrected chi connectivity index (χ1v) is 13.2. The van der Waals surface area contributed by atoms with Gasteiger partial charge in [0, 0.05) is 26.8 Å². The molecule has 2 heterocycles. The van der Waals surface area contributed by atoms with Gasteiger partial charge < -0.3 is 19.9 Å². The van der Waals surface area contributed by atoms with E-state index < -0.39 is 18.1 Å². The van der Waals surface area contributed by atoms with Crippen molar-refractivity contribution in [3.63, 3.8) is 0 Å². The second-order valence-corrected chi connectivity index (χ2v) is 11.0. The van der Waals surface area contributed by atoms with Crippen LogP contribution in [0.15, 0.2) is 42.6 Å². The lowest BCUT2D eigenvalue weighted by atomic mass is 10.0. The van der Waals surface area contributed by atoms with Crippen molar-refractivity contribution in [2.75, 3.05) is 13.7 Å². The number of methoxy groups -OCH3 is 1. The van der Waals surface area contributed by atoms with Gasteiger partial charge in [-0.25, -0.2) is 9.78 Å². The lowest BCUT2D eigenvalue weighted by Crippen LogP contribution is -2.51. The molecule has 0 radical (unpaired) electrons. The SMILES string of the molecule is COC(=O)N[C@H](C(=O)N1CCC[C@H]1c1ncc(-c2ccc3c(c2)C(F)(F)c2cc(I)ccc2-3)[nH]1)C(C)C. The number of amides is 2. The summed E-state index contributed by atoms with van der Waals surface area (Å²) < 4.78 is 36.1. The second-order valence-electron chi connectivity index (χ2n) is 9.75. The largest absolute Gasteiger partial charge is 0.453 e. The first-order chi connectivity index (χ1) is 17.6. The number of hydrogen-bond donors (Lipinski definition) is 2. The molecule has 0 unspecified atom stereocenters. The summed E-state index contributed by atoms with van der Waals surface area (Å²) in [5.74, 6) is -2.84. The van der Waals surface area contributed by atoms with Gasteiger partial charge >= 0.3 is 6.09 Å². The molecule has 1 saturated heterocycles. The van der Waals surface area contributed by atoms with Gasteiger partial charge in [0.15, 0.2) is 0 Å². The number of likely N-dealkylation sites (tertiary alicyclic amines) is 1. The number of alkyl carbamates (subject to hydrolysis) is 1. The lowest BCUT2D eigenvalue weighted by molar-refractivity contribution is -0.135. The predicted octanol–water partition coefficient (Wildman–Crippen LogP) is 5.85. The van der Waals surface area contributed by atoms with E-state index in [2.05, 4.69) is 20.0 Å². The first kappa shape index (κ1) is 25.6. The maximum Gasteiger partial charge on any atom is 0.407 e. The van der Waals surface area contributed by atoms with Crippen LogP contribution in [-0.2, 0) is 15.5 Å². The Kier molecular flexibility index (Phi) is 6.71. The molecule has 1 fully saturated rings. The number of ether oxygens (including phenoxy) is 1. The molecule has 2 aliphatic rings. The Morgan fingerprint density at radius 3 is 2.59 bits per heavy atom. The monoisotopic (exact) mass is 620 g/mol. The van der Waals surface area contributed by atoms with Crippen LogP contribution in [0.3, 0.4) is 0 Å². The Morgan fingerprint density at radius 1 is 1.19 bits per heavy atom. The van der Waals surface area contributed by atoms with E-state index in [1.54, 1.807) is 23.2 Å². The highest BCUT2D eigenvalue weighted by molar-refractivity contribution is 14.1. The van der Waals surface area contributed by atoms with E-state index in [9.17, 15) is 9.59 Å². The number of benzene rings is 2. The molecule has 10 heteroatoms. The second kappa shape index (κ2) is 9.70. The molecule has 0 spiro atoms. The van der Waals surface area contributed by atoms with Crippen LogP contribution in [0.25, 0.3) is 22.4 Å². The molecule has 2 aromatic carbocycles. The van der Waals surface area contributed by atoms with Gasteiger partial charge in [-0.2, -0.15) is 8.78 Å². The van der Waals surface area contributed by atoms with Crippen LogP contribution >= 0.6 is 22.6 Å². The Bertz CT molecular complexity index is 1370. The van der Waals surface area contributed by atoms with Crippen molar-refractivity contribution in [3.05, 3.63) is 63.1 Å². The highest BCUT2D eigenvalue weighted by Gasteiger charge is 2.44. The summed E-state index contributed by atoms with van der Waals surface area (Å²) in [7, 11) is 1.26. The summed E-state index contributed by atoms with van der Waals surface area (Å²) in [5.41, 5.74) is 2.29. The number of aromatic amines is 1. The van der Waals surface area contributed by atoms with E-state index in [1.807, 2.05) is 48.6 Å². The van der Waals surface area contributed by atoms with Crippen molar-refractivity contribution in [1.82, 2.24) is 20.2 Å². The van der Waals surface area contributed by atoms with Crippen LogP contribution < -0.4 is 5.32 Å². The van der Waals surface area contributed by atoms with Crippen LogP contribution in [0.1, 0.15) is 49.7 Å². The van der Waals surface area contributed by atoms with Crippen molar-refractivity contribution >= 4 is 34.6 Å². The molecule has 1 aliphatic heterocycles. The minimum atomic E-state index is -3.09. The van der Waals surface area contributed by atoms with E-state index >= 15 is 8.78 Å². The van der Waals surface area contributed by atoms with E-state index in [-0.39, 0.29) is 29.0 Å². The Balaban J connectivity index is 1.41. The van der Waals surface area contributed by atoms with Crippen molar-refractivity contribution in [2.45, 2.75) is 44.7 Å². The van der Waals surface area contributed by atoms with Crippen LogP contribution in [-0.4, -0.2) is 46.6 Å². The number of carbonyl (C=O) groups excluding carboxylic acids is 2. The third-order valence-electron chi connectivity index (χ3n) is 7.12. The number of nitrogens with one attached hydrogen (secondary N) is 2. The van der Waals surface area contributed by atoms with E-state index in [0.717, 1.165) is 9.99 Å². The molecule has 5 rings (SSSR count). The molecule has 37 heavy (non-hydrogen) atoms. The molecule has 1 aromatic heterocycles. The molecule has 0 saturated carbocycles. The number of imidazole rings is 1. The summed E-state index contributed by atoms with van der Waals surface area (Å²) in [4.78, 5) is 34.7. The molecular weight excluding hydrogens is 593 g/mol. The average molecular weight is 620 g/mol. The predicted molar refractivity (Wildman–Crippen MR) is 143 cm³/mol. The van der Waals surface area contributed by atoms with E-state index in [0.29, 0.717) is 41.2 Å². The summed E-state index contributed by atoms with van der Waals surface area (Å²) in [6.07, 6.45) is 2.46. The summed E-state index contributed by atoms with van der Waals surface area (Å²) in [6.45, 7) is 4.25. The fraction of sp³-hybridized carbons (Fsp3) is 0.370. The maximum atomic E-state index is 15.3. The normalized spacial score (nSPS) is 18.5. The zero-order valence-corrected chi connectivity index (χ0v) is 22.8. The topological polar surface area (TPSA) is 87.3 Å². The highest BCUT2D eigenvalue weighted by Crippen LogP contribution is 2.52. The molecule has 2 atom stereocenters. The van der Waals surface area contributed by atoms with Crippen LogP contribution in [0.2, 0.25) is 0 Å². The third-order valence-corrected chi connectivity index (χ3v) is 7.79. The van der Waals surface area contributed by atoms with Gasteiger partial charge in [0.1, 0.15) is 11.9 Å². The lowest BCUT2D eigenvalue weighted by Gasteiger charge is -2.30. The first-order valence-electron chi connectivity index (χ1n) is 12.1. The van der Waals surface area contributed by atoms with Crippen molar-refractivity contribution in [1.29, 1.82) is 0 Å². The smallest absolute Gasteiger partial charge is 0.407 e. The number of rotatable bonds is 5. The van der Waals surface area contributed by atoms with E-state index in [4.69, 9.17) is 0 Å². The molecule has 2 N–H and O–H groups in total. The number of nitrogens with zero attached hydrogens (tertiary/aromatic N) is 2. The number of fused-ring (bicyclic) bond motifs is 3. The van der Waals surface area contributed by atoms with Crippen LogP contribution in [0, 0.1) is 9.49 Å². The van der Waals surface area contributed by atoms with Crippen molar-refractivity contribution in [3.8, 4) is 22.4 Å². The van der Waals surface area contributed by atoms with Gasteiger partial charge in [0.25, 0.3) is 5.92 Å². The van der Waals surface area contributed by atoms with Gasteiger partial charge in [-0.15, -0.1) is 0 Å². The number of hydrogen-bond acceptors (Lipinski definition) is 4. The van der Waals surface area contributed by atoms with Crippen molar-refractivity contribution < 1.29 is 23.1 Å². The minimum absolute atomic E-state index is 0.0236. The third kappa shape index (κ3) is 4.49. The minimum Gasteiger partial charge on any atom is -0.453 e. The number of halogens is 3. The number of H-pyrrole nitrogens is 1. The molecule has 1 aliphatic carbocycles. The van der Waals surface area contributed by atoms with Gasteiger partial charge in [-0.1, -0.05) is 32.0 Å². The summed E-state index contributed by atoms with van der Waals surface area (Å²) >= 11 is 2.05. The number of carbonyl (C=O) groups is 2. The van der Waals surface area contributed by atoms with Gasteiger partial charge in [0.05, 0.1) is 25.0 Å². The molecule has 7 nitrogen and oxygen atoms in total. The number of aromatic nitrogens is 2. The van der Waals surface area contributed by atoms with E-state index in [1.165, 1.54) is 19.2 Å². The van der Waals surface area contributed by atoms with Crippen LogP contribution in [0.5, 0.6) is 0 Å². The Hall–Kier alpha value is -3.02. The standard InChI is InChI=1S/C27H27F2IN4O3/c1-14(2)23(33-26(36)37-3)25(35)34-10-4-5-22(34)24-31-13-21(32-24)15-6-8-17-18-9-7-16(30)12-20(18)27(28,29)19(17)11-15/h6-9,11-14,22-23H,4-5,10H2,1-3H3,(H,31,32)(H,33,36)/t22-,23-/m0/s1. The molecule has 2 amide bonds. The quantitative estimate of drug-likeness (QED) is 0.351. The molecule has 194 valence electrons. The zero-order chi connectivity index (χ0) is 26.5. The maximum absolute atomic E-state index is 15.3. The van der Waals surface area contributed by atoms with Gasteiger partial charge in [0.2, 0.25) is 5.91 Å². The summed E-state index contributed by atoms with van der Waals surface area (Å²) in [5, 5.41) is 2.63. The Morgan fingerprint density at radius 2 is 1.89 bits per heavy atom. The van der Waals surface area contributed by atoms with Gasteiger partial charge in [-0.3, -0.25) is 4.79 Å². The molecule has 3 aromatic rings. The average Bonchev–Trinajstić information content (AvgIpc) is 3.59. The molecular formula is C27H27F2IN4O3. The zero-order valence-electron chi connectivity index (χ0n) is 20.6. The fourth-order valence-corrected chi connectivity index (χ4v) is 5.70. The highest BCUT2D eigenvalue weighted by atomic mass is 127. The fourth-order valence-electron chi connectivity index (χ4n) is 5.21. The molecule has 0 bridgehead atoms. The van der Waals surface area contributed by atoms with Crippen molar-refractivity contribution in [2.24, 2.45) is 5.92 Å². The Labute approximate surface area is 227 Å². The summed E-state index contributed by atoms with van der Waals surface area (Å²) in [6, 6.07) is 9.15.